The molecule has 1 fully saturated rings. The lowest BCUT2D eigenvalue weighted by atomic mass is 10.1. The maximum atomic E-state index is 12.3. The number of carbonyl (C=O) groups is 1. The number of rotatable bonds is 4. The van der Waals surface area contributed by atoms with Crippen molar-refractivity contribution in [2.24, 2.45) is 0 Å². The van der Waals surface area contributed by atoms with Crippen molar-refractivity contribution < 1.29 is 19.4 Å². The normalized spacial score (nSPS) is 22.3. The van der Waals surface area contributed by atoms with E-state index in [1.165, 1.54) is 4.90 Å². The summed E-state index contributed by atoms with van der Waals surface area (Å²) in [4.78, 5) is 15.8. The van der Waals surface area contributed by atoms with Crippen LogP contribution in [0.15, 0.2) is 42.7 Å². The van der Waals surface area contributed by atoms with Gasteiger partial charge in [-0.15, -0.1) is 0 Å². The van der Waals surface area contributed by atoms with E-state index in [4.69, 9.17) is 9.47 Å². The second-order valence-corrected chi connectivity index (χ2v) is 5.97. The van der Waals surface area contributed by atoms with Gasteiger partial charge in [-0.05, 0) is 18.6 Å². The topological polar surface area (TPSA) is 74.3 Å². The minimum atomic E-state index is -0.651. The average molecular weight is 329 g/mol. The number of hydrogen-bond donors (Lipinski definition) is 2. The van der Waals surface area contributed by atoms with Crippen molar-refractivity contribution in [1.29, 1.82) is 0 Å². The monoisotopic (exact) mass is 329 g/mol. The molecule has 1 amide bonds. The van der Waals surface area contributed by atoms with Gasteiger partial charge in [0, 0.05) is 12.4 Å². The zero-order valence-electron chi connectivity index (χ0n) is 13.3. The van der Waals surface area contributed by atoms with E-state index in [9.17, 15) is 9.90 Å². The Labute approximate surface area is 139 Å². The molecule has 0 saturated carbocycles. The Bertz CT molecular complexity index is 731. The summed E-state index contributed by atoms with van der Waals surface area (Å²) in [6.07, 6.45) is 5.13. The van der Waals surface area contributed by atoms with Crippen molar-refractivity contribution in [2.45, 2.75) is 32.0 Å². The molecule has 126 valence electrons. The molecule has 2 N–H and O–H groups in total. The van der Waals surface area contributed by atoms with E-state index in [0.717, 1.165) is 17.9 Å². The molecule has 0 aromatic heterocycles. The highest BCUT2D eigenvalue weighted by Crippen LogP contribution is 2.44. The Balaban J connectivity index is 1.64. The highest BCUT2D eigenvalue weighted by Gasteiger charge is 2.39. The molecule has 24 heavy (non-hydrogen) atoms. The van der Waals surface area contributed by atoms with Gasteiger partial charge in [-0.25, -0.2) is 4.79 Å². The number of anilines is 2. The molecule has 0 bridgehead atoms. The van der Waals surface area contributed by atoms with E-state index in [1.54, 1.807) is 6.26 Å². The van der Waals surface area contributed by atoms with E-state index in [0.29, 0.717) is 24.4 Å². The summed E-state index contributed by atoms with van der Waals surface area (Å²) in [5, 5.41) is 13.2. The van der Waals surface area contributed by atoms with Crippen LogP contribution in [0.4, 0.5) is 16.2 Å². The smallest absolute Gasteiger partial charge is 0.414 e. The molecule has 1 aromatic rings. The van der Waals surface area contributed by atoms with Gasteiger partial charge in [0.15, 0.2) is 11.6 Å². The van der Waals surface area contributed by atoms with E-state index < -0.39 is 18.3 Å². The second-order valence-electron chi connectivity index (χ2n) is 5.97. The fourth-order valence-electron chi connectivity index (χ4n) is 3.16. The number of aliphatic hydroxyl groups excluding tert-OH is 1. The number of carbonyl (C=O) groups excluding carboxylic acids is 1. The molecular formula is C17H19N3O4. The first kappa shape index (κ1) is 14.9. The van der Waals surface area contributed by atoms with Gasteiger partial charge in [0.25, 0.3) is 0 Å². The summed E-state index contributed by atoms with van der Waals surface area (Å²) < 4.78 is 11.1. The van der Waals surface area contributed by atoms with Crippen molar-refractivity contribution >= 4 is 17.5 Å². The number of ether oxygens (including phenoxy) is 2. The molecule has 3 heterocycles. The number of aliphatic hydroxyl groups is 1. The number of cyclic esters (lactones) is 1. The number of amides is 1. The quantitative estimate of drug-likeness (QED) is 0.882. The number of nitrogens with one attached hydrogen (secondary N) is 1. The predicted octanol–water partition coefficient (Wildman–Crippen LogP) is 2.24. The number of fused-ring (bicyclic) bond motifs is 3. The highest BCUT2D eigenvalue weighted by molar-refractivity contribution is 5.94. The molecule has 7 nitrogen and oxygen atoms in total. The summed E-state index contributed by atoms with van der Waals surface area (Å²) in [6, 6.07) is 5.62. The van der Waals surface area contributed by atoms with Gasteiger partial charge in [0.1, 0.15) is 12.4 Å². The summed E-state index contributed by atoms with van der Waals surface area (Å²) in [5.74, 6) is 1.41. The van der Waals surface area contributed by atoms with Crippen LogP contribution in [0.3, 0.4) is 0 Å². The molecule has 0 radical (unpaired) electrons. The number of para-hydroxylation sites is 1. The Kier molecular flexibility index (Phi) is 3.57. The molecule has 0 spiro atoms. The fourth-order valence-corrected chi connectivity index (χ4v) is 3.16. The highest BCUT2D eigenvalue weighted by atomic mass is 16.6. The van der Waals surface area contributed by atoms with E-state index >= 15 is 0 Å². The molecule has 0 aliphatic carbocycles. The third-order valence-electron chi connectivity index (χ3n) is 4.38. The summed E-state index contributed by atoms with van der Waals surface area (Å²) in [6.45, 7) is 2.30. The SMILES string of the molecule is CCCC(O)[C@H]1CN(c2cccc3c2OC=C2NC=CN23)C(=O)O1. The molecule has 7 heteroatoms. The Morgan fingerprint density at radius 2 is 2.25 bits per heavy atom. The first-order valence-corrected chi connectivity index (χ1v) is 8.07. The first-order valence-electron chi connectivity index (χ1n) is 8.07. The zero-order valence-corrected chi connectivity index (χ0v) is 13.3. The third-order valence-corrected chi connectivity index (χ3v) is 4.38. The molecule has 2 atom stereocenters. The summed E-state index contributed by atoms with van der Waals surface area (Å²) in [7, 11) is 0. The third kappa shape index (κ3) is 2.28. The standard InChI is InChI=1S/C17H19N3O4/c1-2-4-13(21)14-9-20(17(22)24-14)12-6-3-5-11-16(12)23-10-15-18-7-8-19(11)15/h3,5-8,10,13-14,18,21H,2,4,9H2,1H3/t13?,14-/m1/s1. The van der Waals surface area contributed by atoms with Crippen LogP contribution < -0.4 is 19.9 Å². The molecule has 3 aliphatic heterocycles. The lowest BCUT2D eigenvalue weighted by molar-refractivity contribution is 0.0276. The average Bonchev–Trinajstić information content (AvgIpc) is 3.21. The van der Waals surface area contributed by atoms with Crippen LogP contribution in [0.5, 0.6) is 5.75 Å². The summed E-state index contributed by atoms with van der Waals surface area (Å²) >= 11 is 0. The van der Waals surface area contributed by atoms with Crippen molar-refractivity contribution in [3.63, 3.8) is 0 Å². The molecule has 3 aliphatic rings. The van der Waals surface area contributed by atoms with Gasteiger partial charge in [0.2, 0.25) is 0 Å². The Morgan fingerprint density at radius 3 is 3.08 bits per heavy atom. The lowest BCUT2D eigenvalue weighted by Crippen LogP contribution is -2.31. The van der Waals surface area contributed by atoms with Gasteiger partial charge < -0.3 is 19.9 Å². The van der Waals surface area contributed by atoms with Gasteiger partial charge in [-0.3, -0.25) is 9.80 Å². The Morgan fingerprint density at radius 1 is 1.42 bits per heavy atom. The van der Waals surface area contributed by atoms with Crippen LogP contribution >= 0.6 is 0 Å². The largest absolute Gasteiger partial charge is 0.457 e. The Hall–Kier alpha value is -2.67. The van der Waals surface area contributed by atoms with Crippen LogP contribution in [0, 0.1) is 0 Å². The van der Waals surface area contributed by atoms with Gasteiger partial charge >= 0.3 is 6.09 Å². The van der Waals surface area contributed by atoms with Crippen LogP contribution in [-0.4, -0.2) is 30.0 Å². The fraction of sp³-hybridized carbons (Fsp3) is 0.353. The van der Waals surface area contributed by atoms with Crippen LogP contribution in [0.2, 0.25) is 0 Å². The van der Waals surface area contributed by atoms with Crippen molar-refractivity contribution in [1.82, 2.24) is 5.32 Å². The molecular weight excluding hydrogens is 310 g/mol. The van der Waals surface area contributed by atoms with Crippen LogP contribution in [-0.2, 0) is 4.74 Å². The van der Waals surface area contributed by atoms with E-state index in [1.807, 2.05) is 42.4 Å². The number of nitrogens with zero attached hydrogens (tertiary/aromatic N) is 2. The summed E-state index contributed by atoms with van der Waals surface area (Å²) in [5.41, 5.74) is 1.48. The van der Waals surface area contributed by atoms with Crippen molar-refractivity contribution in [2.75, 3.05) is 16.3 Å². The van der Waals surface area contributed by atoms with Gasteiger partial charge in [-0.1, -0.05) is 19.4 Å². The zero-order chi connectivity index (χ0) is 16.7. The van der Waals surface area contributed by atoms with Crippen LogP contribution in [0.1, 0.15) is 19.8 Å². The van der Waals surface area contributed by atoms with Gasteiger partial charge in [0.05, 0.1) is 24.0 Å². The van der Waals surface area contributed by atoms with Crippen LogP contribution in [0.25, 0.3) is 0 Å². The molecule has 4 rings (SSSR count). The van der Waals surface area contributed by atoms with E-state index in [2.05, 4.69) is 5.32 Å². The van der Waals surface area contributed by atoms with E-state index in [-0.39, 0.29) is 0 Å². The van der Waals surface area contributed by atoms with Crippen molar-refractivity contribution in [3.8, 4) is 5.75 Å². The number of hydrogen-bond acceptors (Lipinski definition) is 6. The molecule has 1 aromatic carbocycles. The first-order chi connectivity index (χ1) is 11.7. The molecule has 1 saturated heterocycles. The minimum Gasteiger partial charge on any atom is -0.457 e. The molecule has 1 unspecified atom stereocenters. The number of benzene rings is 1. The minimum absolute atomic E-state index is 0.310. The van der Waals surface area contributed by atoms with Gasteiger partial charge in [-0.2, -0.15) is 0 Å². The van der Waals surface area contributed by atoms with Crippen molar-refractivity contribution in [3.05, 3.63) is 42.7 Å². The second kappa shape index (κ2) is 5.76. The predicted molar refractivity (Wildman–Crippen MR) is 88.4 cm³/mol. The maximum Gasteiger partial charge on any atom is 0.414 e. The maximum absolute atomic E-state index is 12.3. The lowest BCUT2D eigenvalue weighted by Gasteiger charge is -2.28.